The average molecular weight is 286 g/mol. The summed E-state index contributed by atoms with van der Waals surface area (Å²) < 4.78 is 2.05. The fraction of sp³-hybridized carbons (Fsp3) is 0.800. The summed E-state index contributed by atoms with van der Waals surface area (Å²) in [4.78, 5) is 0. The molecule has 1 aromatic heterocycles. The summed E-state index contributed by atoms with van der Waals surface area (Å²) in [6.07, 6.45) is 5.86. The summed E-state index contributed by atoms with van der Waals surface area (Å²) in [5.74, 6) is 0. The highest BCUT2D eigenvalue weighted by atomic mass is 35.5. The van der Waals surface area contributed by atoms with Crippen molar-refractivity contribution in [2.24, 2.45) is 0 Å². The quantitative estimate of drug-likeness (QED) is 0.744. The first-order chi connectivity index (χ1) is 9.13. The Morgan fingerprint density at radius 2 is 2.00 bits per heavy atom. The van der Waals surface area contributed by atoms with Crippen LogP contribution in [-0.4, -0.2) is 22.4 Å². The highest BCUT2D eigenvalue weighted by Crippen LogP contribution is 2.22. The SMILES string of the molecule is CCCCC(Cc1c(Cl)c(C)nn1CC)NCCC. The van der Waals surface area contributed by atoms with Crippen LogP contribution in [0.1, 0.15) is 57.8 Å². The van der Waals surface area contributed by atoms with Gasteiger partial charge in [-0.05, 0) is 33.2 Å². The molecular formula is C15H28ClN3. The molecule has 0 saturated heterocycles. The van der Waals surface area contributed by atoms with E-state index >= 15 is 0 Å². The molecule has 0 amide bonds. The number of nitrogens with zero attached hydrogens (tertiary/aromatic N) is 2. The van der Waals surface area contributed by atoms with Crippen molar-refractivity contribution >= 4 is 11.6 Å². The Hall–Kier alpha value is -0.540. The van der Waals surface area contributed by atoms with E-state index in [1.807, 2.05) is 11.6 Å². The summed E-state index contributed by atoms with van der Waals surface area (Å²) in [7, 11) is 0. The minimum absolute atomic E-state index is 0.513. The van der Waals surface area contributed by atoms with Gasteiger partial charge in [0.25, 0.3) is 0 Å². The Morgan fingerprint density at radius 1 is 1.26 bits per heavy atom. The number of hydrogen-bond donors (Lipinski definition) is 1. The fourth-order valence-corrected chi connectivity index (χ4v) is 2.59. The third-order valence-electron chi connectivity index (χ3n) is 3.48. The van der Waals surface area contributed by atoms with Gasteiger partial charge in [-0.25, -0.2) is 0 Å². The van der Waals surface area contributed by atoms with Crippen LogP contribution in [0.5, 0.6) is 0 Å². The van der Waals surface area contributed by atoms with Crippen molar-refractivity contribution in [3.8, 4) is 0 Å². The highest BCUT2D eigenvalue weighted by molar-refractivity contribution is 6.31. The molecule has 0 fully saturated rings. The number of hydrogen-bond acceptors (Lipinski definition) is 2. The van der Waals surface area contributed by atoms with E-state index in [2.05, 4.69) is 31.2 Å². The second kappa shape index (κ2) is 8.60. The molecule has 0 saturated carbocycles. The summed E-state index contributed by atoms with van der Waals surface area (Å²) >= 11 is 6.39. The molecular weight excluding hydrogens is 258 g/mol. The molecule has 0 spiro atoms. The standard InChI is InChI=1S/C15H28ClN3/c1-5-8-9-13(17-10-6-2)11-14-15(16)12(4)18-19(14)7-3/h13,17H,5-11H2,1-4H3. The molecule has 0 radical (unpaired) electrons. The molecule has 0 aliphatic rings. The van der Waals surface area contributed by atoms with Gasteiger partial charge in [-0.2, -0.15) is 5.10 Å². The van der Waals surface area contributed by atoms with Crippen LogP contribution < -0.4 is 5.32 Å². The van der Waals surface area contributed by atoms with Crippen LogP contribution >= 0.6 is 11.6 Å². The number of rotatable bonds is 9. The molecule has 0 aliphatic carbocycles. The molecule has 1 N–H and O–H groups in total. The van der Waals surface area contributed by atoms with Crippen LogP contribution in [0.2, 0.25) is 5.02 Å². The first-order valence-electron chi connectivity index (χ1n) is 7.59. The molecule has 1 unspecified atom stereocenters. The van der Waals surface area contributed by atoms with Crippen LogP contribution in [0.25, 0.3) is 0 Å². The lowest BCUT2D eigenvalue weighted by molar-refractivity contribution is 0.447. The number of halogens is 1. The van der Waals surface area contributed by atoms with Gasteiger partial charge in [-0.15, -0.1) is 0 Å². The van der Waals surface area contributed by atoms with Gasteiger partial charge < -0.3 is 5.32 Å². The van der Waals surface area contributed by atoms with Gasteiger partial charge in [0.15, 0.2) is 0 Å². The molecule has 0 bridgehead atoms. The second-order valence-corrected chi connectivity index (χ2v) is 5.54. The van der Waals surface area contributed by atoms with Gasteiger partial charge in [0.2, 0.25) is 0 Å². The summed E-state index contributed by atoms with van der Waals surface area (Å²) in [5.41, 5.74) is 2.13. The lowest BCUT2D eigenvalue weighted by Crippen LogP contribution is -2.32. The smallest absolute Gasteiger partial charge is 0.0847 e. The van der Waals surface area contributed by atoms with Gasteiger partial charge in [0, 0.05) is 19.0 Å². The third-order valence-corrected chi connectivity index (χ3v) is 3.97. The van der Waals surface area contributed by atoms with Gasteiger partial charge >= 0.3 is 0 Å². The molecule has 110 valence electrons. The fourth-order valence-electron chi connectivity index (χ4n) is 2.37. The van der Waals surface area contributed by atoms with E-state index in [-0.39, 0.29) is 0 Å². The maximum Gasteiger partial charge on any atom is 0.0847 e. The van der Waals surface area contributed by atoms with Gasteiger partial charge in [-0.1, -0.05) is 38.3 Å². The van der Waals surface area contributed by atoms with Crippen LogP contribution in [0.3, 0.4) is 0 Å². The van der Waals surface area contributed by atoms with Crippen molar-refractivity contribution in [3.63, 3.8) is 0 Å². The molecule has 0 aromatic carbocycles. The predicted molar refractivity (Wildman–Crippen MR) is 83.0 cm³/mol. The Balaban J connectivity index is 2.76. The topological polar surface area (TPSA) is 29.9 Å². The zero-order valence-electron chi connectivity index (χ0n) is 12.8. The molecule has 1 rings (SSSR count). The van der Waals surface area contributed by atoms with E-state index in [0.717, 1.165) is 30.2 Å². The van der Waals surface area contributed by atoms with Crippen molar-refractivity contribution < 1.29 is 0 Å². The van der Waals surface area contributed by atoms with Crippen molar-refractivity contribution in [2.45, 2.75) is 72.4 Å². The van der Waals surface area contributed by atoms with Gasteiger partial charge in [0.1, 0.15) is 0 Å². The number of nitrogens with one attached hydrogen (secondary N) is 1. The minimum Gasteiger partial charge on any atom is -0.314 e. The predicted octanol–water partition coefficient (Wildman–Crippen LogP) is 3.97. The number of unbranched alkanes of at least 4 members (excludes halogenated alkanes) is 1. The summed E-state index contributed by atoms with van der Waals surface area (Å²) in [5, 5.41) is 8.99. The largest absolute Gasteiger partial charge is 0.314 e. The average Bonchev–Trinajstić information content (AvgIpc) is 2.69. The molecule has 19 heavy (non-hydrogen) atoms. The third kappa shape index (κ3) is 4.81. The van der Waals surface area contributed by atoms with E-state index < -0.39 is 0 Å². The normalized spacial score (nSPS) is 12.9. The first-order valence-corrected chi connectivity index (χ1v) is 7.96. The van der Waals surface area contributed by atoms with E-state index in [1.165, 1.54) is 31.4 Å². The van der Waals surface area contributed by atoms with E-state index in [0.29, 0.717) is 6.04 Å². The summed E-state index contributed by atoms with van der Waals surface area (Å²) in [6.45, 7) is 10.5. The first kappa shape index (κ1) is 16.5. The Bertz CT molecular complexity index is 366. The Labute approximate surface area is 122 Å². The maximum atomic E-state index is 6.39. The lowest BCUT2D eigenvalue weighted by atomic mass is 10.0. The molecule has 0 aliphatic heterocycles. The molecule has 4 heteroatoms. The van der Waals surface area contributed by atoms with Crippen molar-refractivity contribution in [1.82, 2.24) is 15.1 Å². The van der Waals surface area contributed by atoms with Crippen LogP contribution in [0.15, 0.2) is 0 Å². The monoisotopic (exact) mass is 285 g/mol. The summed E-state index contributed by atoms with van der Waals surface area (Å²) in [6, 6.07) is 0.513. The van der Waals surface area contributed by atoms with Crippen LogP contribution in [0, 0.1) is 6.92 Å². The maximum absolute atomic E-state index is 6.39. The number of aryl methyl sites for hydroxylation is 2. The zero-order valence-corrected chi connectivity index (χ0v) is 13.6. The molecule has 1 atom stereocenters. The van der Waals surface area contributed by atoms with Crippen molar-refractivity contribution in [1.29, 1.82) is 0 Å². The van der Waals surface area contributed by atoms with Crippen LogP contribution in [-0.2, 0) is 13.0 Å². The van der Waals surface area contributed by atoms with Gasteiger partial charge in [0.05, 0.1) is 16.4 Å². The minimum atomic E-state index is 0.513. The van der Waals surface area contributed by atoms with E-state index in [1.54, 1.807) is 0 Å². The Kier molecular flexibility index (Phi) is 7.47. The molecule has 3 nitrogen and oxygen atoms in total. The van der Waals surface area contributed by atoms with E-state index in [9.17, 15) is 0 Å². The van der Waals surface area contributed by atoms with Crippen molar-refractivity contribution in [3.05, 3.63) is 16.4 Å². The molecule has 1 heterocycles. The Morgan fingerprint density at radius 3 is 2.58 bits per heavy atom. The molecule has 1 aromatic rings. The second-order valence-electron chi connectivity index (χ2n) is 5.16. The van der Waals surface area contributed by atoms with Gasteiger partial charge in [-0.3, -0.25) is 4.68 Å². The van der Waals surface area contributed by atoms with Crippen LogP contribution in [0.4, 0.5) is 0 Å². The number of aromatic nitrogens is 2. The zero-order chi connectivity index (χ0) is 14.3. The van der Waals surface area contributed by atoms with Crippen molar-refractivity contribution in [2.75, 3.05) is 6.54 Å². The lowest BCUT2D eigenvalue weighted by Gasteiger charge is -2.19. The highest BCUT2D eigenvalue weighted by Gasteiger charge is 2.17. The van der Waals surface area contributed by atoms with E-state index in [4.69, 9.17) is 11.6 Å².